The summed E-state index contributed by atoms with van der Waals surface area (Å²) in [6.45, 7) is 3.69. The summed E-state index contributed by atoms with van der Waals surface area (Å²) in [6.07, 6.45) is 8.18. The zero-order chi connectivity index (χ0) is 17.5. The van der Waals surface area contributed by atoms with Crippen LogP contribution < -0.4 is 10.6 Å². The van der Waals surface area contributed by atoms with Crippen LogP contribution in [-0.2, 0) is 4.79 Å². The normalized spacial score (nSPS) is 21.2. The first-order chi connectivity index (χ1) is 12.2. The molecule has 0 bridgehead atoms. The number of nitrogens with one attached hydrogen (secondary N) is 2. The lowest BCUT2D eigenvalue weighted by Gasteiger charge is -2.17. The Morgan fingerprint density at radius 1 is 1.36 bits per heavy atom. The number of nitriles is 1. The predicted octanol–water partition coefficient (Wildman–Crippen LogP) is 2.14. The first-order valence-electron chi connectivity index (χ1n) is 9.35. The topological polar surface area (TPSA) is 81.1 Å². The minimum absolute atomic E-state index is 0.195. The third kappa shape index (κ3) is 5.17. The number of pyridine rings is 1. The van der Waals surface area contributed by atoms with Gasteiger partial charge in [0.2, 0.25) is 5.91 Å². The van der Waals surface area contributed by atoms with E-state index in [1.807, 2.05) is 0 Å². The number of hydrogen-bond donors (Lipinski definition) is 2. The highest BCUT2D eigenvalue weighted by molar-refractivity contribution is 5.76. The summed E-state index contributed by atoms with van der Waals surface area (Å²) < 4.78 is 0. The summed E-state index contributed by atoms with van der Waals surface area (Å²) in [7, 11) is 0. The molecule has 134 valence electrons. The van der Waals surface area contributed by atoms with Gasteiger partial charge in [-0.1, -0.05) is 12.8 Å². The van der Waals surface area contributed by atoms with E-state index in [0.29, 0.717) is 29.8 Å². The average molecular weight is 341 g/mol. The monoisotopic (exact) mass is 341 g/mol. The molecule has 6 heteroatoms. The van der Waals surface area contributed by atoms with Crippen LogP contribution in [0.15, 0.2) is 18.3 Å². The van der Waals surface area contributed by atoms with Crippen LogP contribution in [0.3, 0.4) is 0 Å². The molecule has 2 aliphatic rings. The number of rotatable bonds is 7. The van der Waals surface area contributed by atoms with E-state index in [2.05, 4.69) is 26.6 Å². The number of nitrogens with zero attached hydrogens (tertiary/aromatic N) is 3. The number of hydrogen-bond acceptors (Lipinski definition) is 5. The van der Waals surface area contributed by atoms with Gasteiger partial charge in [-0.3, -0.25) is 4.79 Å². The number of carbonyl (C=O) groups excluding carboxylic acids is 1. The van der Waals surface area contributed by atoms with E-state index in [0.717, 1.165) is 45.4 Å². The Morgan fingerprint density at radius 3 is 3.00 bits per heavy atom. The number of aromatic nitrogens is 1. The lowest BCUT2D eigenvalue weighted by molar-refractivity contribution is -0.122. The van der Waals surface area contributed by atoms with Gasteiger partial charge < -0.3 is 15.5 Å². The molecular weight excluding hydrogens is 314 g/mol. The van der Waals surface area contributed by atoms with Crippen LogP contribution in [-0.4, -0.2) is 48.0 Å². The Hall–Kier alpha value is -2.13. The molecule has 0 radical (unpaired) electrons. The van der Waals surface area contributed by atoms with Crippen LogP contribution in [0.5, 0.6) is 0 Å². The third-order valence-electron chi connectivity index (χ3n) is 5.23. The fourth-order valence-corrected chi connectivity index (χ4v) is 3.79. The van der Waals surface area contributed by atoms with Crippen molar-refractivity contribution in [2.45, 2.75) is 44.6 Å². The molecule has 1 amide bonds. The molecule has 6 nitrogen and oxygen atoms in total. The Morgan fingerprint density at radius 2 is 2.20 bits per heavy atom. The smallest absolute Gasteiger partial charge is 0.221 e. The molecular formula is C19H27N5O. The Kier molecular flexibility index (Phi) is 6.24. The molecule has 1 unspecified atom stereocenters. The van der Waals surface area contributed by atoms with Gasteiger partial charge in [-0.25, -0.2) is 4.98 Å². The zero-order valence-corrected chi connectivity index (χ0v) is 14.7. The molecule has 1 aromatic heterocycles. The summed E-state index contributed by atoms with van der Waals surface area (Å²) in [5.41, 5.74) is 0.584. The zero-order valence-electron chi connectivity index (χ0n) is 14.7. The van der Waals surface area contributed by atoms with Crippen molar-refractivity contribution >= 4 is 11.7 Å². The van der Waals surface area contributed by atoms with Gasteiger partial charge >= 0.3 is 0 Å². The van der Waals surface area contributed by atoms with Crippen molar-refractivity contribution in [1.29, 1.82) is 5.26 Å². The molecule has 1 atom stereocenters. The largest absolute Gasteiger partial charge is 0.369 e. The summed E-state index contributed by atoms with van der Waals surface area (Å²) in [5, 5.41) is 15.6. The summed E-state index contributed by atoms with van der Waals surface area (Å²) in [5.74, 6) is 1.39. The highest BCUT2D eigenvalue weighted by Crippen LogP contribution is 2.19. The van der Waals surface area contributed by atoms with Crippen molar-refractivity contribution in [1.82, 2.24) is 15.2 Å². The quantitative estimate of drug-likeness (QED) is 0.794. The van der Waals surface area contributed by atoms with Crippen molar-refractivity contribution in [2.75, 3.05) is 31.5 Å². The van der Waals surface area contributed by atoms with Crippen LogP contribution in [0, 0.1) is 17.2 Å². The molecule has 25 heavy (non-hydrogen) atoms. The molecule has 1 aliphatic heterocycles. The fraction of sp³-hybridized carbons (Fsp3) is 0.632. The van der Waals surface area contributed by atoms with Gasteiger partial charge in [0, 0.05) is 38.3 Å². The molecule has 0 aromatic carbocycles. The maximum atomic E-state index is 12.0. The van der Waals surface area contributed by atoms with Gasteiger partial charge in [0.05, 0.1) is 5.56 Å². The third-order valence-corrected chi connectivity index (χ3v) is 5.23. The van der Waals surface area contributed by atoms with E-state index in [9.17, 15) is 4.79 Å². The number of likely N-dealkylation sites (tertiary alicyclic amines) is 1. The van der Waals surface area contributed by atoms with Crippen molar-refractivity contribution in [3.63, 3.8) is 0 Å². The van der Waals surface area contributed by atoms with E-state index in [1.165, 1.54) is 12.8 Å². The van der Waals surface area contributed by atoms with E-state index >= 15 is 0 Å². The second-order valence-corrected chi connectivity index (χ2v) is 7.15. The van der Waals surface area contributed by atoms with Crippen LogP contribution >= 0.6 is 0 Å². The van der Waals surface area contributed by atoms with Crippen molar-refractivity contribution < 1.29 is 4.79 Å². The Labute approximate surface area is 149 Å². The van der Waals surface area contributed by atoms with E-state index < -0.39 is 0 Å². The van der Waals surface area contributed by atoms with Gasteiger partial charge in [-0.05, 0) is 43.9 Å². The number of carbonyl (C=O) groups is 1. The Bertz CT molecular complexity index is 620. The summed E-state index contributed by atoms with van der Waals surface area (Å²) in [4.78, 5) is 18.6. The highest BCUT2D eigenvalue weighted by Gasteiger charge is 2.23. The predicted molar refractivity (Wildman–Crippen MR) is 97.0 cm³/mol. The summed E-state index contributed by atoms with van der Waals surface area (Å²) in [6, 6.07) is 6.13. The molecule has 1 aliphatic carbocycles. The number of anilines is 1. The maximum absolute atomic E-state index is 12.0. The second kappa shape index (κ2) is 8.82. The fourth-order valence-electron chi connectivity index (χ4n) is 3.79. The summed E-state index contributed by atoms with van der Waals surface area (Å²) >= 11 is 0. The SMILES string of the molecule is N#Cc1cccnc1NCC1CCN(CCC(=O)NC2CCCC2)C1. The second-order valence-electron chi connectivity index (χ2n) is 7.15. The first kappa shape index (κ1) is 17.7. The van der Waals surface area contributed by atoms with E-state index in [4.69, 9.17) is 5.26 Å². The van der Waals surface area contributed by atoms with Gasteiger partial charge in [-0.15, -0.1) is 0 Å². The van der Waals surface area contributed by atoms with Crippen LogP contribution in [0.1, 0.15) is 44.1 Å². The van der Waals surface area contributed by atoms with Crippen LogP contribution in [0.25, 0.3) is 0 Å². The molecule has 3 rings (SSSR count). The Balaban J connectivity index is 1.35. The van der Waals surface area contributed by atoms with Gasteiger partial charge in [-0.2, -0.15) is 5.26 Å². The molecule has 1 saturated heterocycles. The maximum Gasteiger partial charge on any atom is 0.221 e. The highest BCUT2D eigenvalue weighted by atomic mass is 16.1. The van der Waals surface area contributed by atoms with Crippen LogP contribution in [0.4, 0.5) is 5.82 Å². The van der Waals surface area contributed by atoms with E-state index in [-0.39, 0.29) is 5.91 Å². The van der Waals surface area contributed by atoms with Gasteiger partial charge in [0.15, 0.2) is 0 Å². The standard InChI is InChI=1S/C19H27N5O/c20-12-16-4-3-9-21-19(16)22-13-15-7-10-24(14-15)11-8-18(25)23-17-5-1-2-6-17/h3-4,9,15,17H,1-2,5-8,10-11,13-14H2,(H,21,22)(H,23,25). The molecule has 2 N–H and O–H groups in total. The minimum Gasteiger partial charge on any atom is -0.369 e. The lowest BCUT2D eigenvalue weighted by Crippen LogP contribution is -2.35. The molecule has 2 heterocycles. The van der Waals surface area contributed by atoms with Gasteiger partial charge in [0.1, 0.15) is 11.9 Å². The molecule has 1 aromatic rings. The molecule has 2 fully saturated rings. The van der Waals surface area contributed by atoms with Crippen molar-refractivity contribution in [3.05, 3.63) is 23.9 Å². The number of amides is 1. The van der Waals surface area contributed by atoms with Crippen LogP contribution in [0.2, 0.25) is 0 Å². The minimum atomic E-state index is 0.195. The van der Waals surface area contributed by atoms with Crippen molar-refractivity contribution in [3.8, 4) is 6.07 Å². The lowest BCUT2D eigenvalue weighted by atomic mass is 10.1. The van der Waals surface area contributed by atoms with Gasteiger partial charge in [0.25, 0.3) is 0 Å². The average Bonchev–Trinajstić information content (AvgIpc) is 3.30. The first-order valence-corrected chi connectivity index (χ1v) is 9.35. The molecule has 0 spiro atoms. The van der Waals surface area contributed by atoms with Crippen molar-refractivity contribution in [2.24, 2.45) is 5.92 Å². The van der Waals surface area contributed by atoms with E-state index in [1.54, 1.807) is 18.3 Å². The molecule has 1 saturated carbocycles.